The fourth-order valence-electron chi connectivity index (χ4n) is 2.54. The van der Waals surface area contributed by atoms with Crippen LogP contribution in [0.1, 0.15) is 30.1 Å². The van der Waals surface area contributed by atoms with E-state index >= 15 is 0 Å². The van der Waals surface area contributed by atoms with Gasteiger partial charge in [-0.3, -0.25) is 9.59 Å². The molecule has 0 radical (unpaired) electrons. The topological polar surface area (TPSA) is 49.4 Å². The van der Waals surface area contributed by atoms with Crippen molar-refractivity contribution in [1.29, 1.82) is 0 Å². The summed E-state index contributed by atoms with van der Waals surface area (Å²) in [6.07, 6.45) is 2.56. The predicted molar refractivity (Wildman–Crippen MR) is 77.7 cm³/mol. The van der Waals surface area contributed by atoms with Crippen LogP contribution in [-0.2, 0) is 4.79 Å². The van der Waals surface area contributed by atoms with E-state index in [2.05, 4.69) is 33.1 Å². The van der Waals surface area contributed by atoms with Crippen LogP contribution >= 0.6 is 15.9 Å². The first-order valence-electron chi connectivity index (χ1n) is 6.41. The summed E-state index contributed by atoms with van der Waals surface area (Å²) >= 11 is 3.50. The molecule has 19 heavy (non-hydrogen) atoms. The maximum Gasteiger partial charge on any atom is 0.296 e. The molecule has 1 aromatic carbocycles. The first kappa shape index (κ1) is 12.7. The lowest BCUT2D eigenvalue weighted by atomic mass is 10.1. The van der Waals surface area contributed by atoms with Gasteiger partial charge in [0.25, 0.3) is 11.7 Å². The molecule has 0 saturated heterocycles. The molecule has 0 bridgehead atoms. The van der Waals surface area contributed by atoms with Crippen molar-refractivity contribution in [2.24, 2.45) is 5.92 Å². The maximum atomic E-state index is 11.6. The fourth-order valence-corrected chi connectivity index (χ4v) is 3.16. The zero-order chi connectivity index (χ0) is 13.7. The maximum absolute atomic E-state index is 11.6. The second-order valence-corrected chi connectivity index (χ2v) is 6.18. The summed E-state index contributed by atoms with van der Waals surface area (Å²) < 4.78 is 0.853. The van der Waals surface area contributed by atoms with Crippen LogP contribution in [-0.4, -0.2) is 24.8 Å². The third-order valence-corrected chi connectivity index (χ3v) is 4.72. The molecule has 1 amide bonds. The van der Waals surface area contributed by atoms with E-state index in [1.54, 1.807) is 6.07 Å². The van der Waals surface area contributed by atoms with Gasteiger partial charge >= 0.3 is 0 Å². The minimum atomic E-state index is -0.544. The molecule has 2 aliphatic rings. The number of carbonyl (C=O) groups excluding carboxylic acids is 2. The predicted octanol–water partition coefficient (Wildman–Crippen LogP) is 2.82. The summed E-state index contributed by atoms with van der Waals surface area (Å²) in [5.74, 6) is -0.251. The van der Waals surface area contributed by atoms with Gasteiger partial charge < -0.3 is 10.2 Å². The molecular weight excluding hydrogens is 308 g/mol. The van der Waals surface area contributed by atoms with Crippen molar-refractivity contribution in [1.82, 2.24) is 0 Å². The third kappa shape index (κ3) is 2.06. The minimum Gasteiger partial charge on any atom is -0.371 e. The average Bonchev–Trinajstić information content (AvgIpc) is 3.18. The number of ketones is 1. The Hall–Kier alpha value is -1.36. The molecule has 3 rings (SSSR count). The standard InChI is InChI=1S/C14H15BrN2O2/c1-7(8-3-4-8)17(2)12-6-11-9(5-10(12)15)13(18)14(19)16-11/h5-8H,3-4H2,1-2H3,(H,16,18,19). The van der Waals surface area contributed by atoms with E-state index in [9.17, 15) is 9.59 Å². The van der Waals surface area contributed by atoms with Crippen molar-refractivity contribution >= 4 is 39.0 Å². The molecule has 0 spiro atoms. The van der Waals surface area contributed by atoms with E-state index in [0.717, 1.165) is 16.1 Å². The van der Waals surface area contributed by atoms with Crippen LogP contribution in [0.2, 0.25) is 0 Å². The van der Waals surface area contributed by atoms with Gasteiger partial charge in [0.2, 0.25) is 0 Å². The van der Waals surface area contributed by atoms with Crippen molar-refractivity contribution in [3.63, 3.8) is 0 Å². The summed E-state index contributed by atoms with van der Waals surface area (Å²) in [6, 6.07) is 4.07. The zero-order valence-corrected chi connectivity index (χ0v) is 12.5. The molecule has 5 heteroatoms. The van der Waals surface area contributed by atoms with Crippen molar-refractivity contribution in [3.8, 4) is 0 Å². The second kappa shape index (κ2) is 4.34. The van der Waals surface area contributed by atoms with Gasteiger partial charge in [0.05, 0.1) is 16.9 Å². The lowest BCUT2D eigenvalue weighted by Crippen LogP contribution is -2.30. The van der Waals surface area contributed by atoms with Gasteiger partial charge in [0.15, 0.2) is 0 Å². The van der Waals surface area contributed by atoms with E-state index < -0.39 is 11.7 Å². The monoisotopic (exact) mass is 322 g/mol. The van der Waals surface area contributed by atoms with Gasteiger partial charge in [-0.2, -0.15) is 0 Å². The zero-order valence-electron chi connectivity index (χ0n) is 10.9. The first-order valence-corrected chi connectivity index (χ1v) is 7.20. The van der Waals surface area contributed by atoms with Gasteiger partial charge in [0.1, 0.15) is 0 Å². The smallest absolute Gasteiger partial charge is 0.296 e. The number of hydrogen-bond acceptors (Lipinski definition) is 3. The highest BCUT2D eigenvalue weighted by atomic mass is 79.9. The Morgan fingerprint density at radius 3 is 2.68 bits per heavy atom. The molecule has 4 nitrogen and oxygen atoms in total. The van der Waals surface area contributed by atoms with Crippen LogP contribution in [0.25, 0.3) is 0 Å². The molecule has 1 N–H and O–H groups in total. The third-order valence-electron chi connectivity index (χ3n) is 4.08. The van der Waals surface area contributed by atoms with Crippen molar-refractivity contribution in [2.45, 2.75) is 25.8 Å². The van der Waals surface area contributed by atoms with E-state index in [1.807, 2.05) is 13.1 Å². The van der Waals surface area contributed by atoms with Crippen molar-refractivity contribution in [3.05, 3.63) is 22.2 Å². The molecule has 1 aliphatic heterocycles. The Morgan fingerprint density at radius 2 is 2.05 bits per heavy atom. The number of hydrogen-bond donors (Lipinski definition) is 1. The number of rotatable bonds is 3. The van der Waals surface area contributed by atoms with Gasteiger partial charge in [-0.25, -0.2) is 0 Å². The minimum absolute atomic E-state index is 0.452. The van der Waals surface area contributed by atoms with Crippen LogP contribution in [0.5, 0.6) is 0 Å². The number of anilines is 2. The highest BCUT2D eigenvalue weighted by molar-refractivity contribution is 9.10. The number of nitrogens with one attached hydrogen (secondary N) is 1. The van der Waals surface area contributed by atoms with Crippen molar-refractivity contribution in [2.75, 3.05) is 17.3 Å². The Bertz CT molecular complexity index is 581. The summed E-state index contributed by atoms with van der Waals surface area (Å²) in [5, 5.41) is 2.62. The Kier molecular flexibility index (Phi) is 2.89. The Balaban J connectivity index is 1.97. The lowest BCUT2D eigenvalue weighted by Gasteiger charge is -2.28. The molecule has 1 aliphatic carbocycles. The van der Waals surface area contributed by atoms with Crippen molar-refractivity contribution < 1.29 is 9.59 Å². The van der Waals surface area contributed by atoms with Crippen LogP contribution in [0.4, 0.5) is 11.4 Å². The number of benzene rings is 1. The molecule has 1 heterocycles. The number of Topliss-reactive ketones (excluding diaryl/α,β-unsaturated/α-hetero) is 1. The number of fused-ring (bicyclic) bond motifs is 1. The lowest BCUT2D eigenvalue weighted by molar-refractivity contribution is -0.112. The first-order chi connectivity index (χ1) is 8.99. The fraction of sp³-hybridized carbons (Fsp3) is 0.429. The van der Waals surface area contributed by atoms with E-state index in [-0.39, 0.29) is 0 Å². The Labute approximate surface area is 120 Å². The summed E-state index contributed by atoms with van der Waals surface area (Å²) in [5.41, 5.74) is 2.07. The van der Waals surface area contributed by atoms with E-state index in [1.165, 1.54) is 12.8 Å². The van der Waals surface area contributed by atoms with Crippen LogP contribution in [0.15, 0.2) is 16.6 Å². The summed E-state index contributed by atoms with van der Waals surface area (Å²) in [4.78, 5) is 25.2. The SMILES string of the molecule is CC(C1CC1)N(C)c1cc2c(cc1Br)C(=O)C(=O)N2. The molecule has 1 saturated carbocycles. The molecule has 1 unspecified atom stereocenters. The normalized spacial score (nSPS) is 19.1. The van der Waals surface area contributed by atoms with Gasteiger partial charge in [-0.1, -0.05) is 0 Å². The molecule has 0 aromatic heterocycles. The number of carbonyl (C=O) groups is 2. The van der Waals surface area contributed by atoms with E-state index in [4.69, 9.17) is 0 Å². The summed E-state index contributed by atoms with van der Waals surface area (Å²) in [7, 11) is 2.05. The molecule has 1 atom stereocenters. The van der Waals surface area contributed by atoms with Crippen LogP contribution in [0.3, 0.4) is 0 Å². The van der Waals surface area contributed by atoms with Crippen LogP contribution in [0, 0.1) is 5.92 Å². The average molecular weight is 323 g/mol. The van der Waals surface area contributed by atoms with Gasteiger partial charge in [0, 0.05) is 17.6 Å². The van der Waals surface area contributed by atoms with E-state index in [0.29, 0.717) is 17.3 Å². The molecular formula is C14H15BrN2O2. The van der Waals surface area contributed by atoms with Gasteiger partial charge in [-0.05, 0) is 53.7 Å². The highest BCUT2D eigenvalue weighted by Gasteiger charge is 2.33. The molecule has 100 valence electrons. The number of halogens is 1. The Morgan fingerprint density at radius 1 is 1.37 bits per heavy atom. The largest absolute Gasteiger partial charge is 0.371 e. The summed E-state index contributed by atoms with van der Waals surface area (Å²) in [6.45, 7) is 2.21. The molecule has 1 fully saturated rings. The van der Waals surface area contributed by atoms with Crippen LogP contribution < -0.4 is 10.2 Å². The quantitative estimate of drug-likeness (QED) is 0.870. The molecule has 1 aromatic rings. The number of amides is 1. The highest BCUT2D eigenvalue weighted by Crippen LogP contribution is 2.40. The number of nitrogens with zero attached hydrogens (tertiary/aromatic N) is 1. The van der Waals surface area contributed by atoms with Gasteiger partial charge in [-0.15, -0.1) is 0 Å². The second-order valence-electron chi connectivity index (χ2n) is 5.32.